The number of benzene rings is 1. The van der Waals surface area contributed by atoms with Gasteiger partial charge in [0.05, 0.1) is 0 Å². The quantitative estimate of drug-likeness (QED) is 0.841. The van der Waals surface area contributed by atoms with E-state index in [9.17, 15) is 9.59 Å². The maximum Gasteiger partial charge on any atom is 0.407 e. The Kier molecular flexibility index (Phi) is 5.42. The minimum absolute atomic E-state index is 0.0725. The predicted octanol–water partition coefficient (Wildman–Crippen LogP) is 1.64. The number of aromatic nitrogens is 2. The first kappa shape index (κ1) is 15.4. The van der Waals surface area contributed by atoms with E-state index in [0.29, 0.717) is 12.2 Å². The van der Waals surface area contributed by atoms with Gasteiger partial charge in [-0.15, -0.1) is 0 Å². The Bertz CT molecular complexity index is 646. The number of alkyl carbamates (subject to hydrolysis) is 1. The van der Waals surface area contributed by atoms with Crippen LogP contribution in [-0.4, -0.2) is 33.7 Å². The third-order valence-electron chi connectivity index (χ3n) is 2.76. The number of carboxylic acids is 1. The van der Waals surface area contributed by atoms with Gasteiger partial charge < -0.3 is 15.2 Å². The molecule has 1 aromatic heterocycles. The van der Waals surface area contributed by atoms with E-state index in [2.05, 4.69) is 15.3 Å². The topological polar surface area (TPSA) is 101 Å². The van der Waals surface area contributed by atoms with Crippen LogP contribution in [0.5, 0.6) is 0 Å². The third kappa shape index (κ3) is 4.86. The zero-order chi connectivity index (χ0) is 15.8. The first-order valence-corrected chi connectivity index (χ1v) is 6.65. The number of nitrogens with zero attached hydrogens (tertiary/aromatic N) is 2. The van der Waals surface area contributed by atoms with Crippen LogP contribution in [0.1, 0.15) is 21.9 Å². The second-order valence-electron chi connectivity index (χ2n) is 4.40. The van der Waals surface area contributed by atoms with Crippen molar-refractivity contribution in [2.75, 3.05) is 6.54 Å². The van der Waals surface area contributed by atoms with E-state index in [-0.39, 0.29) is 18.8 Å². The zero-order valence-corrected chi connectivity index (χ0v) is 11.7. The second-order valence-corrected chi connectivity index (χ2v) is 4.40. The molecule has 0 saturated carbocycles. The molecule has 1 heterocycles. The average Bonchev–Trinajstić information content (AvgIpc) is 2.54. The van der Waals surface area contributed by atoms with E-state index >= 15 is 0 Å². The van der Waals surface area contributed by atoms with Crippen molar-refractivity contribution >= 4 is 12.1 Å². The molecule has 0 fully saturated rings. The molecule has 0 aliphatic heterocycles. The number of ether oxygens (including phenoxy) is 1. The largest absolute Gasteiger partial charge is 0.477 e. The van der Waals surface area contributed by atoms with Crippen molar-refractivity contribution < 1.29 is 19.4 Å². The van der Waals surface area contributed by atoms with Gasteiger partial charge in [-0.25, -0.2) is 19.6 Å². The molecule has 7 nitrogen and oxygen atoms in total. The van der Waals surface area contributed by atoms with Crippen molar-refractivity contribution in [3.8, 4) is 0 Å². The Morgan fingerprint density at radius 2 is 1.95 bits per heavy atom. The van der Waals surface area contributed by atoms with Crippen LogP contribution in [0.3, 0.4) is 0 Å². The van der Waals surface area contributed by atoms with Crippen LogP contribution in [0.2, 0.25) is 0 Å². The molecule has 1 amide bonds. The van der Waals surface area contributed by atoms with Gasteiger partial charge in [-0.05, 0) is 11.6 Å². The molecule has 7 heteroatoms. The van der Waals surface area contributed by atoms with Crippen LogP contribution in [-0.2, 0) is 17.8 Å². The molecule has 0 bridgehead atoms. The van der Waals surface area contributed by atoms with E-state index in [1.807, 2.05) is 30.3 Å². The Labute approximate surface area is 127 Å². The molecule has 0 saturated heterocycles. The van der Waals surface area contributed by atoms with E-state index in [4.69, 9.17) is 9.84 Å². The first-order chi connectivity index (χ1) is 10.6. The van der Waals surface area contributed by atoms with Crippen LogP contribution >= 0.6 is 0 Å². The van der Waals surface area contributed by atoms with Gasteiger partial charge in [0.25, 0.3) is 0 Å². The summed E-state index contributed by atoms with van der Waals surface area (Å²) in [7, 11) is 0. The summed E-state index contributed by atoms with van der Waals surface area (Å²) in [5.74, 6) is -0.762. The number of rotatable bonds is 6. The molecule has 2 rings (SSSR count). The lowest BCUT2D eigenvalue weighted by molar-refractivity contribution is 0.0689. The number of carbonyl (C=O) groups excluding carboxylic acids is 1. The fraction of sp³-hybridized carbons (Fsp3) is 0.200. The van der Waals surface area contributed by atoms with Gasteiger partial charge in [-0.1, -0.05) is 30.3 Å². The summed E-state index contributed by atoms with van der Waals surface area (Å²) >= 11 is 0. The molecule has 0 atom stereocenters. The number of hydrogen-bond acceptors (Lipinski definition) is 5. The Balaban J connectivity index is 1.73. The van der Waals surface area contributed by atoms with Crippen molar-refractivity contribution in [3.63, 3.8) is 0 Å². The van der Waals surface area contributed by atoms with Crippen LogP contribution < -0.4 is 5.32 Å². The highest BCUT2D eigenvalue weighted by molar-refractivity contribution is 5.85. The molecule has 0 spiro atoms. The fourth-order valence-electron chi connectivity index (χ4n) is 1.69. The van der Waals surface area contributed by atoms with Crippen LogP contribution in [0.4, 0.5) is 4.79 Å². The molecule has 0 aliphatic rings. The van der Waals surface area contributed by atoms with Crippen molar-refractivity contribution in [1.29, 1.82) is 0 Å². The van der Waals surface area contributed by atoms with E-state index in [1.165, 1.54) is 12.3 Å². The van der Waals surface area contributed by atoms with E-state index in [0.717, 1.165) is 5.56 Å². The van der Waals surface area contributed by atoms with Crippen molar-refractivity contribution in [2.24, 2.45) is 0 Å². The molecule has 114 valence electrons. The number of hydrogen-bond donors (Lipinski definition) is 2. The number of carboxylic acid groups (broad SMARTS) is 1. The second kappa shape index (κ2) is 7.72. The molecular formula is C15H15N3O4. The normalized spacial score (nSPS) is 10.0. The molecule has 2 aromatic rings. The fourth-order valence-corrected chi connectivity index (χ4v) is 1.69. The van der Waals surface area contributed by atoms with Crippen LogP contribution in [0.25, 0.3) is 0 Å². The summed E-state index contributed by atoms with van der Waals surface area (Å²) in [4.78, 5) is 30.1. The third-order valence-corrected chi connectivity index (χ3v) is 2.76. The average molecular weight is 301 g/mol. The number of carbonyl (C=O) groups is 2. The highest BCUT2D eigenvalue weighted by atomic mass is 16.5. The lowest BCUT2D eigenvalue weighted by Gasteiger charge is -2.06. The lowest BCUT2D eigenvalue weighted by Crippen LogP contribution is -2.27. The molecule has 22 heavy (non-hydrogen) atoms. The minimum atomic E-state index is -1.11. The highest BCUT2D eigenvalue weighted by Crippen LogP contribution is 2.00. The lowest BCUT2D eigenvalue weighted by atomic mass is 10.2. The maximum atomic E-state index is 11.5. The molecule has 0 unspecified atom stereocenters. The highest BCUT2D eigenvalue weighted by Gasteiger charge is 2.07. The van der Waals surface area contributed by atoms with E-state index in [1.54, 1.807) is 0 Å². The first-order valence-electron chi connectivity index (χ1n) is 6.65. The molecular weight excluding hydrogens is 286 g/mol. The number of amides is 1. The monoisotopic (exact) mass is 301 g/mol. The zero-order valence-electron chi connectivity index (χ0n) is 11.7. The van der Waals surface area contributed by atoms with Gasteiger partial charge in [0.15, 0.2) is 5.69 Å². The Morgan fingerprint density at radius 1 is 1.18 bits per heavy atom. The van der Waals surface area contributed by atoms with Gasteiger partial charge in [0, 0.05) is 19.2 Å². The summed E-state index contributed by atoms with van der Waals surface area (Å²) < 4.78 is 5.04. The predicted molar refractivity (Wildman–Crippen MR) is 77.3 cm³/mol. The van der Waals surface area contributed by atoms with E-state index < -0.39 is 12.1 Å². The van der Waals surface area contributed by atoms with Crippen molar-refractivity contribution in [3.05, 3.63) is 59.7 Å². The maximum absolute atomic E-state index is 11.5. The summed E-state index contributed by atoms with van der Waals surface area (Å²) in [5.41, 5.74) is 0.826. The van der Waals surface area contributed by atoms with Gasteiger partial charge in [-0.2, -0.15) is 0 Å². The number of aromatic carboxylic acids is 1. The van der Waals surface area contributed by atoms with Gasteiger partial charge in [0.2, 0.25) is 0 Å². The minimum Gasteiger partial charge on any atom is -0.477 e. The van der Waals surface area contributed by atoms with Gasteiger partial charge in [-0.3, -0.25) is 0 Å². The number of nitrogens with one attached hydrogen (secondary N) is 1. The Hall–Kier alpha value is -2.96. The standard InChI is InChI=1S/C15H15N3O4/c19-14(20)12-6-8-16-13(18-12)7-9-17-15(21)22-10-11-4-2-1-3-5-11/h1-6,8H,7,9-10H2,(H,17,21)(H,19,20). The summed E-state index contributed by atoms with van der Waals surface area (Å²) in [6.07, 6.45) is 1.15. The van der Waals surface area contributed by atoms with Crippen LogP contribution in [0.15, 0.2) is 42.6 Å². The SMILES string of the molecule is O=C(NCCc1nccc(C(=O)O)n1)OCc1ccccc1. The van der Waals surface area contributed by atoms with Crippen LogP contribution in [0, 0.1) is 0 Å². The summed E-state index contributed by atoms with van der Waals surface area (Å²) in [5, 5.41) is 11.4. The van der Waals surface area contributed by atoms with Crippen molar-refractivity contribution in [1.82, 2.24) is 15.3 Å². The summed E-state index contributed by atoms with van der Waals surface area (Å²) in [6.45, 7) is 0.453. The Morgan fingerprint density at radius 3 is 2.68 bits per heavy atom. The van der Waals surface area contributed by atoms with Gasteiger partial charge in [0.1, 0.15) is 12.4 Å². The summed E-state index contributed by atoms with van der Waals surface area (Å²) in [6, 6.07) is 10.6. The molecule has 0 radical (unpaired) electrons. The smallest absolute Gasteiger partial charge is 0.407 e. The molecule has 1 aromatic carbocycles. The van der Waals surface area contributed by atoms with Gasteiger partial charge >= 0.3 is 12.1 Å². The van der Waals surface area contributed by atoms with Crippen molar-refractivity contribution in [2.45, 2.75) is 13.0 Å². The molecule has 2 N–H and O–H groups in total. The molecule has 0 aliphatic carbocycles.